The molecule has 1 saturated carbocycles. The summed E-state index contributed by atoms with van der Waals surface area (Å²) in [6, 6.07) is 2.02. The largest absolute Gasteiger partial charge is 0.396 e. The lowest BCUT2D eigenvalue weighted by molar-refractivity contribution is -0.00546. The zero-order valence-corrected chi connectivity index (χ0v) is 12.0. The molecule has 0 heterocycles. The summed E-state index contributed by atoms with van der Waals surface area (Å²) in [5.74, 6) is -2.39. The van der Waals surface area contributed by atoms with E-state index in [1.54, 1.807) is 0 Å². The Bertz CT molecular complexity index is 541. The summed E-state index contributed by atoms with van der Waals surface area (Å²) in [7, 11) is 0. The Kier molecular flexibility index (Phi) is 4.46. The Labute approximate surface area is 122 Å². The molecule has 0 spiro atoms. The van der Waals surface area contributed by atoms with E-state index in [0.29, 0.717) is 18.8 Å². The second kappa shape index (κ2) is 5.97. The highest BCUT2D eigenvalue weighted by molar-refractivity contribution is 5.95. The number of nitrogens with two attached hydrogens (primary N) is 1. The van der Waals surface area contributed by atoms with E-state index in [-0.39, 0.29) is 12.2 Å². The van der Waals surface area contributed by atoms with Crippen LogP contribution in [0.2, 0.25) is 0 Å². The predicted molar refractivity (Wildman–Crippen MR) is 75.7 cm³/mol. The number of nitrogens with one attached hydrogen (secondary N) is 1. The minimum absolute atomic E-state index is 0.0216. The van der Waals surface area contributed by atoms with Crippen LogP contribution in [0.4, 0.5) is 14.5 Å². The van der Waals surface area contributed by atoms with Crippen molar-refractivity contribution in [3.8, 4) is 0 Å². The molecule has 1 aliphatic rings. The number of rotatable bonds is 3. The van der Waals surface area contributed by atoms with E-state index in [9.17, 15) is 18.7 Å². The van der Waals surface area contributed by atoms with Gasteiger partial charge in [-0.2, -0.15) is 0 Å². The number of amides is 1. The van der Waals surface area contributed by atoms with Gasteiger partial charge < -0.3 is 16.2 Å². The molecule has 0 atom stereocenters. The molecule has 1 aliphatic carbocycles. The topological polar surface area (TPSA) is 75.3 Å². The molecule has 0 bridgehead atoms. The van der Waals surface area contributed by atoms with E-state index in [1.807, 2.05) is 0 Å². The normalized spacial score (nSPS) is 25.6. The van der Waals surface area contributed by atoms with Crippen LogP contribution in [0.3, 0.4) is 0 Å². The number of benzene rings is 1. The fourth-order valence-corrected chi connectivity index (χ4v) is 2.59. The van der Waals surface area contributed by atoms with Gasteiger partial charge in [0.1, 0.15) is 11.4 Å². The molecule has 1 fully saturated rings. The Hall–Kier alpha value is -1.69. The van der Waals surface area contributed by atoms with E-state index >= 15 is 0 Å². The number of carbonyl (C=O) groups is 1. The molecule has 4 N–H and O–H groups in total. The maximum absolute atomic E-state index is 13.7. The zero-order chi connectivity index (χ0) is 15.6. The summed E-state index contributed by atoms with van der Waals surface area (Å²) in [6.45, 7) is 2.09. The first-order chi connectivity index (χ1) is 9.82. The highest BCUT2D eigenvalue weighted by Gasteiger charge is 2.32. The van der Waals surface area contributed by atoms with Gasteiger partial charge in [0.15, 0.2) is 5.82 Å². The molecule has 116 valence electrons. The van der Waals surface area contributed by atoms with Crippen molar-refractivity contribution in [2.75, 3.05) is 12.3 Å². The number of carbonyl (C=O) groups excluding carboxylic acids is 1. The molecular formula is C15H20F2N2O2. The summed E-state index contributed by atoms with van der Waals surface area (Å²) in [4.78, 5) is 11.9. The van der Waals surface area contributed by atoms with Gasteiger partial charge in [0.05, 0.1) is 11.3 Å². The molecular weight excluding hydrogens is 278 g/mol. The van der Waals surface area contributed by atoms with Gasteiger partial charge in [-0.15, -0.1) is 0 Å². The van der Waals surface area contributed by atoms with Crippen LogP contribution in [-0.2, 0) is 0 Å². The van der Waals surface area contributed by atoms with Crippen LogP contribution < -0.4 is 11.1 Å². The molecule has 1 aromatic carbocycles. The van der Waals surface area contributed by atoms with Gasteiger partial charge in [0, 0.05) is 6.54 Å². The third-order valence-electron chi connectivity index (χ3n) is 4.13. The lowest BCUT2D eigenvalue weighted by Gasteiger charge is -2.34. The van der Waals surface area contributed by atoms with E-state index in [4.69, 9.17) is 5.73 Å². The Morgan fingerprint density at radius 1 is 1.43 bits per heavy atom. The molecule has 4 nitrogen and oxygen atoms in total. The second-order valence-electron chi connectivity index (χ2n) is 5.92. The van der Waals surface area contributed by atoms with Gasteiger partial charge >= 0.3 is 0 Å². The molecule has 1 amide bonds. The molecule has 0 saturated heterocycles. The molecule has 0 aliphatic heterocycles. The van der Waals surface area contributed by atoms with Crippen LogP contribution in [0.5, 0.6) is 0 Å². The van der Waals surface area contributed by atoms with E-state index in [0.717, 1.165) is 25.0 Å². The van der Waals surface area contributed by atoms with Gasteiger partial charge in [-0.1, -0.05) is 6.92 Å². The molecule has 6 heteroatoms. The summed E-state index contributed by atoms with van der Waals surface area (Å²) in [5.41, 5.74) is 3.34. The van der Waals surface area contributed by atoms with Crippen LogP contribution in [-0.4, -0.2) is 23.2 Å². The fourth-order valence-electron chi connectivity index (χ4n) is 2.59. The predicted octanol–water partition coefficient (Wildman–Crippen LogP) is 2.22. The number of anilines is 1. The number of halogens is 2. The molecule has 0 radical (unpaired) electrons. The van der Waals surface area contributed by atoms with E-state index in [2.05, 4.69) is 12.2 Å². The monoisotopic (exact) mass is 298 g/mol. The minimum atomic E-state index is -1.07. The number of aliphatic hydroxyl groups is 1. The quantitative estimate of drug-likeness (QED) is 0.749. The minimum Gasteiger partial charge on any atom is -0.396 e. The maximum Gasteiger partial charge on any atom is 0.257 e. The van der Waals surface area contributed by atoms with Crippen molar-refractivity contribution in [3.05, 3.63) is 29.3 Å². The fraction of sp³-hybridized carbons (Fsp3) is 0.533. The Morgan fingerprint density at radius 3 is 2.67 bits per heavy atom. The van der Waals surface area contributed by atoms with Crippen LogP contribution in [0.1, 0.15) is 43.0 Å². The maximum atomic E-state index is 13.7. The molecule has 1 aromatic rings. The average molecular weight is 298 g/mol. The first-order valence-corrected chi connectivity index (χ1v) is 7.06. The molecule has 21 heavy (non-hydrogen) atoms. The van der Waals surface area contributed by atoms with Crippen LogP contribution in [0.15, 0.2) is 12.1 Å². The molecule has 2 rings (SSSR count). The van der Waals surface area contributed by atoms with Crippen molar-refractivity contribution < 1.29 is 18.7 Å². The van der Waals surface area contributed by atoms with Crippen LogP contribution >= 0.6 is 0 Å². The summed E-state index contributed by atoms with van der Waals surface area (Å²) < 4.78 is 27.3. The zero-order valence-electron chi connectivity index (χ0n) is 12.0. The van der Waals surface area contributed by atoms with Crippen LogP contribution in [0, 0.1) is 17.6 Å². The number of hydrogen-bond acceptors (Lipinski definition) is 3. The van der Waals surface area contributed by atoms with Gasteiger partial charge in [-0.3, -0.25) is 4.79 Å². The van der Waals surface area contributed by atoms with Crippen LogP contribution in [0.25, 0.3) is 0 Å². The molecule has 0 aromatic heterocycles. The standard InChI is InChI=1S/C15H20F2N2O2/c1-9-4-6-15(21,7-5-9)8-19-14(20)12-10(16)2-3-11(18)13(12)17/h2-3,9,21H,4-8,18H2,1H3,(H,19,20). The summed E-state index contributed by atoms with van der Waals surface area (Å²) in [5, 5.41) is 12.8. The number of hydrogen-bond donors (Lipinski definition) is 3. The van der Waals surface area contributed by atoms with E-state index < -0.39 is 28.7 Å². The highest BCUT2D eigenvalue weighted by Crippen LogP contribution is 2.31. The first kappa shape index (κ1) is 15.7. The highest BCUT2D eigenvalue weighted by atomic mass is 19.1. The second-order valence-corrected chi connectivity index (χ2v) is 5.92. The Balaban J connectivity index is 2.04. The van der Waals surface area contributed by atoms with Gasteiger partial charge in [-0.25, -0.2) is 8.78 Å². The van der Waals surface area contributed by atoms with Gasteiger partial charge in [0.2, 0.25) is 0 Å². The summed E-state index contributed by atoms with van der Waals surface area (Å²) in [6.07, 6.45) is 2.87. The lowest BCUT2D eigenvalue weighted by atomic mass is 9.79. The number of nitrogen functional groups attached to an aromatic ring is 1. The SMILES string of the molecule is CC1CCC(O)(CNC(=O)c2c(F)ccc(N)c2F)CC1. The third-order valence-corrected chi connectivity index (χ3v) is 4.13. The van der Waals surface area contributed by atoms with Crippen molar-refractivity contribution >= 4 is 11.6 Å². The Morgan fingerprint density at radius 2 is 2.05 bits per heavy atom. The lowest BCUT2D eigenvalue weighted by Crippen LogP contribution is -2.45. The summed E-state index contributed by atoms with van der Waals surface area (Å²) >= 11 is 0. The average Bonchev–Trinajstić information content (AvgIpc) is 2.45. The first-order valence-electron chi connectivity index (χ1n) is 7.06. The van der Waals surface area contributed by atoms with Crippen molar-refractivity contribution in [2.24, 2.45) is 5.92 Å². The van der Waals surface area contributed by atoms with Gasteiger partial charge in [-0.05, 0) is 43.7 Å². The van der Waals surface area contributed by atoms with E-state index in [1.165, 1.54) is 0 Å². The van der Waals surface area contributed by atoms with Crippen molar-refractivity contribution in [1.82, 2.24) is 5.32 Å². The van der Waals surface area contributed by atoms with Crippen molar-refractivity contribution in [1.29, 1.82) is 0 Å². The van der Waals surface area contributed by atoms with Crippen molar-refractivity contribution in [2.45, 2.75) is 38.2 Å². The third kappa shape index (κ3) is 3.50. The molecule has 0 unspecified atom stereocenters. The van der Waals surface area contributed by atoms with Crippen molar-refractivity contribution in [3.63, 3.8) is 0 Å². The smallest absolute Gasteiger partial charge is 0.257 e. The van der Waals surface area contributed by atoms with Gasteiger partial charge in [0.25, 0.3) is 5.91 Å².